The predicted octanol–water partition coefficient (Wildman–Crippen LogP) is 4.11. The Hall–Kier alpha value is -1.57. The van der Waals surface area contributed by atoms with E-state index in [1.807, 2.05) is 6.20 Å². The van der Waals surface area contributed by atoms with Gasteiger partial charge in [-0.25, -0.2) is 9.55 Å². The van der Waals surface area contributed by atoms with Gasteiger partial charge < -0.3 is 0 Å². The summed E-state index contributed by atoms with van der Waals surface area (Å²) in [5.41, 5.74) is 2.75. The van der Waals surface area contributed by atoms with Gasteiger partial charge in [0, 0.05) is 0 Å². The number of benzene rings is 1. The minimum atomic E-state index is 1.07. The van der Waals surface area contributed by atoms with Crippen LogP contribution in [-0.4, -0.2) is 4.98 Å². The highest BCUT2D eigenvalue weighted by Gasteiger charge is 2.15. The van der Waals surface area contributed by atoms with E-state index in [-0.39, 0.29) is 0 Å². The van der Waals surface area contributed by atoms with Gasteiger partial charge in [0.25, 0.3) is 5.82 Å². The fourth-order valence-electron chi connectivity index (χ4n) is 2.55. The highest BCUT2D eigenvalue weighted by molar-refractivity contribution is 5.57. The molecule has 0 bridgehead atoms. The number of hydrogen-bond donors (Lipinski definition) is 1. The number of unbranched alkanes of at least 4 members (excludes halogenated alkanes) is 3. The molecule has 0 spiro atoms. The highest BCUT2D eigenvalue weighted by atomic mass is 15.1. The molecule has 0 unspecified atom stereocenters. The normalized spacial score (nSPS) is 10.8. The molecule has 2 aromatic rings. The van der Waals surface area contributed by atoms with Crippen LogP contribution < -0.4 is 4.57 Å². The van der Waals surface area contributed by atoms with E-state index in [0.29, 0.717) is 0 Å². The first-order valence-electron chi connectivity index (χ1n) is 7.52. The van der Waals surface area contributed by atoms with E-state index in [2.05, 4.69) is 53.9 Å². The molecule has 0 radical (unpaired) electrons. The molecule has 1 N–H and O–H groups in total. The van der Waals surface area contributed by atoms with Crippen LogP contribution in [0.25, 0.3) is 11.4 Å². The maximum absolute atomic E-state index is 3.40. The van der Waals surface area contributed by atoms with Crippen molar-refractivity contribution in [1.29, 1.82) is 0 Å². The molecule has 1 heterocycles. The molecule has 19 heavy (non-hydrogen) atoms. The van der Waals surface area contributed by atoms with Gasteiger partial charge in [-0.05, 0) is 30.9 Å². The maximum Gasteiger partial charge on any atom is 0.286 e. The minimum absolute atomic E-state index is 1.07. The maximum atomic E-state index is 3.40. The molecule has 0 aliphatic rings. The van der Waals surface area contributed by atoms with E-state index in [0.717, 1.165) is 13.0 Å². The molecular weight excluding hydrogens is 232 g/mol. The van der Waals surface area contributed by atoms with E-state index < -0.39 is 0 Å². The van der Waals surface area contributed by atoms with Gasteiger partial charge in [-0.1, -0.05) is 44.9 Å². The van der Waals surface area contributed by atoms with Crippen LogP contribution >= 0.6 is 0 Å². The number of H-pyrrole nitrogens is 1. The summed E-state index contributed by atoms with van der Waals surface area (Å²) < 4.78 is 2.35. The Labute approximate surface area is 116 Å². The van der Waals surface area contributed by atoms with Crippen LogP contribution in [0.3, 0.4) is 0 Å². The minimum Gasteiger partial charge on any atom is -0.243 e. The first-order valence-corrected chi connectivity index (χ1v) is 7.52. The number of nitrogens with zero attached hydrogens (tertiary/aromatic N) is 1. The second kappa shape index (κ2) is 7.13. The van der Waals surface area contributed by atoms with Crippen LogP contribution in [0.4, 0.5) is 0 Å². The van der Waals surface area contributed by atoms with Crippen LogP contribution in [0.15, 0.2) is 36.7 Å². The van der Waals surface area contributed by atoms with Gasteiger partial charge in [0.05, 0.1) is 12.1 Å². The van der Waals surface area contributed by atoms with Crippen LogP contribution in [0.5, 0.6) is 0 Å². The zero-order chi connectivity index (χ0) is 13.5. The van der Waals surface area contributed by atoms with Gasteiger partial charge in [0.1, 0.15) is 12.4 Å². The van der Waals surface area contributed by atoms with Gasteiger partial charge in [-0.3, -0.25) is 0 Å². The van der Waals surface area contributed by atoms with E-state index in [1.54, 1.807) is 0 Å². The summed E-state index contributed by atoms with van der Waals surface area (Å²) >= 11 is 0. The topological polar surface area (TPSA) is 19.7 Å². The summed E-state index contributed by atoms with van der Waals surface area (Å²) in [6.07, 6.45) is 10.5. The molecule has 0 saturated carbocycles. The summed E-state index contributed by atoms with van der Waals surface area (Å²) in [6.45, 7) is 5.58. The Bertz CT molecular complexity index is 499. The summed E-state index contributed by atoms with van der Waals surface area (Å²) in [5.74, 6) is 1.24. The third-order valence-electron chi connectivity index (χ3n) is 3.67. The lowest BCUT2D eigenvalue weighted by Crippen LogP contribution is -2.34. The second-order valence-corrected chi connectivity index (χ2v) is 5.07. The van der Waals surface area contributed by atoms with Crippen LogP contribution in [-0.2, 0) is 13.0 Å². The Morgan fingerprint density at radius 2 is 1.89 bits per heavy atom. The van der Waals surface area contributed by atoms with Crippen LogP contribution in [0.1, 0.15) is 45.1 Å². The molecule has 0 fully saturated rings. The molecule has 1 aromatic heterocycles. The Balaban J connectivity index is 2.14. The van der Waals surface area contributed by atoms with Crippen molar-refractivity contribution in [2.75, 3.05) is 0 Å². The molecule has 102 valence electrons. The second-order valence-electron chi connectivity index (χ2n) is 5.07. The number of aromatic nitrogens is 2. The van der Waals surface area contributed by atoms with Crippen LogP contribution in [0, 0.1) is 0 Å². The van der Waals surface area contributed by atoms with Crippen molar-refractivity contribution < 1.29 is 4.57 Å². The summed E-state index contributed by atoms with van der Waals surface area (Å²) in [6, 6.07) is 8.68. The lowest BCUT2D eigenvalue weighted by Gasteiger charge is -2.05. The third kappa shape index (κ3) is 3.46. The quantitative estimate of drug-likeness (QED) is 0.569. The Kier molecular flexibility index (Phi) is 5.20. The van der Waals surface area contributed by atoms with E-state index >= 15 is 0 Å². The smallest absolute Gasteiger partial charge is 0.243 e. The van der Waals surface area contributed by atoms with Crippen molar-refractivity contribution in [2.45, 2.75) is 52.5 Å². The molecule has 2 heteroatoms. The number of aromatic amines is 1. The fraction of sp³-hybridized carbons (Fsp3) is 0.471. The Morgan fingerprint density at radius 1 is 1.05 bits per heavy atom. The van der Waals surface area contributed by atoms with Gasteiger partial charge in [0.2, 0.25) is 0 Å². The monoisotopic (exact) mass is 257 g/mol. The van der Waals surface area contributed by atoms with Crippen molar-refractivity contribution >= 4 is 0 Å². The summed E-state index contributed by atoms with van der Waals surface area (Å²) in [7, 11) is 0. The average Bonchev–Trinajstić information content (AvgIpc) is 2.92. The van der Waals surface area contributed by atoms with E-state index in [4.69, 9.17) is 0 Å². The molecule has 2 nitrogen and oxygen atoms in total. The molecule has 1 aromatic carbocycles. The molecular formula is C17H25N2+. The zero-order valence-electron chi connectivity index (χ0n) is 12.2. The first kappa shape index (κ1) is 13.9. The molecule has 0 aliphatic carbocycles. The average molecular weight is 257 g/mol. The third-order valence-corrected chi connectivity index (χ3v) is 3.67. The number of aryl methyl sites for hydroxylation is 2. The first-order chi connectivity index (χ1) is 9.36. The number of nitrogens with one attached hydrogen (secondary N) is 1. The van der Waals surface area contributed by atoms with Crippen molar-refractivity contribution in [1.82, 2.24) is 4.98 Å². The number of imidazole rings is 1. The molecule has 0 saturated heterocycles. The van der Waals surface area contributed by atoms with E-state index in [9.17, 15) is 0 Å². The summed E-state index contributed by atoms with van der Waals surface area (Å²) in [5, 5.41) is 0. The lowest BCUT2D eigenvalue weighted by molar-refractivity contribution is -0.685. The summed E-state index contributed by atoms with van der Waals surface area (Å²) in [4.78, 5) is 3.40. The predicted molar refractivity (Wildman–Crippen MR) is 79.9 cm³/mol. The number of hydrogen-bond acceptors (Lipinski definition) is 0. The largest absolute Gasteiger partial charge is 0.286 e. The van der Waals surface area contributed by atoms with Crippen molar-refractivity contribution in [3.63, 3.8) is 0 Å². The standard InChI is InChI=1S/C17H24N2/c1-3-5-6-9-13-19-14-12-18-17(19)16-11-8-7-10-15(16)4-2/h7-8,10-12,14H,3-6,9,13H2,1-2H3/p+1. The van der Waals surface area contributed by atoms with Gasteiger partial charge in [0.15, 0.2) is 0 Å². The number of rotatable bonds is 7. The molecule has 0 amide bonds. The van der Waals surface area contributed by atoms with Crippen molar-refractivity contribution in [3.05, 3.63) is 42.2 Å². The van der Waals surface area contributed by atoms with Crippen molar-refractivity contribution in [3.8, 4) is 11.4 Å². The van der Waals surface area contributed by atoms with Crippen LogP contribution in [0.2, 0.25) is 0 Å². The highest BCUT2D eigenvalue weighted by Crippen LogP contribution is 2.19. The molecule has 2 rings (SSSR count). The van der Waals surface area contributed by atoms with Crippen molar-refractivity contribution in [2.24, 2.45) is 0 Å². The van der Waals surface area contributed by atoms with Gasteiger partial charge in [-0.15, -0.1) is 0 Å². The van der Waals surface area contributed by atoms with Gasteiger partial charge in [-0.2, -0.15) is 0 Å². The van der Waals surface area contributed by atoms with Gasteiger partial charge >= 0.3 is 0 Å². The Morgan fingerprint density at radius 3 is 2.68 bits per heavy atom. The zero-order valence-corrected chi connectivity index (χ0v) is 12.2. The fourth-order valence-corrected chi connectivity index (χ4v) is 2.55. The molecule has 0 atom stereocenters. The lowest BCUT2D eigenvalue weighted by atomic mass is 10.0. The van der Waals surface area contributed by atoms with E-state index in [1.165, 1.54) is 42.6 Å². The molecule has 0 aliphatic heterocycles. The SMILES string of the molecule is CCCCCC[n+]1cc[nH]c1-c1ccccc1CC.